The van der Waals surface area contributed by atoms with E-state index in [1.165, 1.54) is 51.0 Å². The lowest BCUT2D eigenvalue weighted by Gasteiger charge is -2.34. The van der Waals surface area contributed by atoms with Crippen molar-refractivity contribution in [3.63, 3.8) is 0 Å². The van der Waals surface area contributed by atoms with Crippen LogP contribution in [0.25, 0.3) is 0 Å². The molecule has 2 aromatic carbocycles. The maximum Gasteiger partial charge on any atom is 0.328 e. The summed E-state index contributed by atoms with van der Waals surface area (Å²) in [7, 11) is -0.251. The molecule has 0 radical (unpaired) electrons. The Kier molecular flexibility index (Phi) is 14.0. The third kappa shape index (κ3) is 10.4. The van der Waals surface area contributed by atoms with E-state index < -0.39 is 52.0 Å². The second-order valence-electron chi connectivity index (χ2n) is 14.0. The van der Waals surface area contributed by atoms with Crippen molar-refractivity contribution in [3.05, 3.63) is 81.8 Å². The molecule has 0 bridgehead atoms. The number of carbonyl (C=O) groups excluding carboxylic acids is 3. The summed E-state index contributed by atoms with van der Waals surface area (Å²) in [6.07, 6.45) is -0.0134. The molecule has 3 aromatic rings. The van der Waals surface area contributed by atoms with Crippen molar-refractivity contribution < 1.29 is 33.1 Å². The van der Waals surface area contributed by atoms with Gasteiger partial charge in [-0.3, -0.25) is 14.5 Å². The van der Waals surface area contributed by atoms with Gasteiger partial charge in [0.05, 0.1) is 35.5 Å². The molecule has 0 saturated carbocycles. The molecular formula is C36H49N7O7S2. The highest BCUT2D eigenvalue weighted by Crippen LogP contribution is 2.24. The number of amides is 4. The van der Waals surface area contributed by atoms with Crippen LogP contribution in [0.1, 0.15) is 49.5 Å². The molecule has 4 amide bonds. The summed E-state index contributed by atoms with van der Waals surface area (Å²) in [5.74, 6) is -1.52. The molecule has 0 aliphatic carbocycles. The summed E-state index contributed by atoms with van der Waals surface area (Å²) < 4.78 is 29.0. The van der Waals surface area contributed by atoms with Crippen LogP contribution in [0.15, 0.2) is 70.0 Å². The molecule has 1 aliphatic heterocycles. The van der Waals surface area contributed by atoms with E-state index in [4.69, 9.17) is 5.21 Å². The molecule has 1 aromatic heterocycles. The van der Waals surface area contributed by atoms with Crippen LogP contribution in [0.2, 0.25) is 0 Å². The topological polar surface area (TPSA) is 176 Å². The number of aliphatic hydroxyl groups is 1. The minimum atomic E-state index is -4.10. The Morgan fingerprint density at radius 1 is 1.06 bits per heavy atom. The first-order chi connectivity index (χ1) is 24.6. The van der Waals surface area contributed by atoms with Crippen molar-refractivity contribution in [2.24, 2.45) is 17.0 Å². The molecule has 4 rings (SSSR count). The largest absolute Gasteiger partial charge is 0.411 e. The minimum Gasteiger partial charge on any atom is -0.411 e. The van der Waals surface area contributed by atoms with Gasteiger partial charge in [-0.25, -0.2) is 18.2 Å². The van der Waals surface area contributed by atoms with Crippen LogP contribution in [0, 0.1) is 11.8 Å². The Balaban J connectivity index is 1.57. The molecule has 282 valence electrons. The van der Waals surface area contributed by atoms with Gasteiger partial charge in [-0.1, -0.05) is 75.3 Å². The van der Waals surface area contributed by atoms with Gasteiger partial charge in [0.15, 0.2) is 0 Å². The standard InChI is InChI=1S/C36H49N7O7S2/c1-24(2)18-41(52(49,50)29-14-12-27(13-15-29)17-37-48)20-31(44)30(16-26-10-8-7-9-11-26)39-35(46)34(25(3)4)43-22-33(45)42(36(43)47)19-28-23-51-32(38-28)21-40(5)6/h7-15,17,23-25,30-31,34,44,48H,16,18-22H2,1-6H3,(H,39,46)/b37-17+/t30-,31?,34+/m0/s1. The summed E-state index contributed by atoms with van der Waals surface area (Å²) in [6, 6.07) is 12.4. The van der Waals surface area contributed by atoms with E-state index in [1.54, 1.807) is 13.8 Å². The van der Waals surface area contributed by atoms with Gasteiger partial charge in [0, 0.05) is 25.0 Å². The zero-order valence-corrected chi connectivity index (χ0v) is 32.0. The fraction of sp³-hybridized carbons (Fsp3) is 0.472. The number of aromatic nitrogens is 1. The third-order valence-corrected chi connectivity index (χ3v) is 11.2. The average molecular weight is 756 g/mol. The number of nitrogens with one attached hydrogen (secondary N) is 1. The lowest BCUT2D eigenvalue weighted by molar-refractivity contribution is -0.129. The Hall–Kier alpha value is -4.22. The molecular weight excluding hydrogens is 707 g/mol. The van der Waals surface area contributed by atoms with Crippen LogP contribution in [-0.2, 0) is 39.1 Å². The maximum atomic E-state index is 14.1. The Morgan fingerprint density at radius 3 is 2.33 bits per heavy atom. The number of thiazole rings is 1. The summed E-state index contributed by atoms with van der Waals surface area (Å²) >= 11 is 1.44. The first-order valence-corrected chi connectivity index (χ1v) is 19.4. The predicted octanol–water partition coefficient (Wildman–Crippen LogP) is 3.24. The van der Waals surface area contributed by atoms with Crippen molar-refractivity contribution in [2.45, 2.75) is 70.3 Å². The highest BCUT2D eigenvalue weighted by Gasteiger charge is 2.44. The van der Waals surface area contributed by atoms with E-state index in [1.807, 2.05) is 68.6 Å². The van der Waals surface area contributed by atoms with Crippen LogP contribution in [0.5, 0.6) is 0 Å². The number of benzene rings is 2. The molecule has 14 nitrogen and oxygen atoms in total. The number of nitrogens with zero attached hydrogens (tertiary/aromatic N) is 6. The highest BCUT2D eigenvalue weighted by molar-refractivity contribution is 7.89. The van der Waals surface area contributed by atoms with Crippen LogP contribution in [0.3, 0.4) is 0 Å². The van der Waals surface area contributed by atoms with Gasteiger partial charge in [0.25, 0.3) is 5.91 Å². The SMILES string of the molecule is CC(C)CN(CC(O)[C@H](Cc1ccccc1)NC(=O)[C@@H](C(C)C)N1CC(=O)N(Cc2csc(CN(C)C)n2)C1=O)S(=O)(=O)c1ccc(/C=N/O)cc1. The van der Waals surface area contributed by atoms with Gasteiger partial charge < -0.3 is 25.4 Å². The van der Waals surface area contributed by atoms with Gasteiger partial charge in [-0.05, 0) is 55.6 Å². The number of aliphatic hydroxyl groups excluding tert-OH is 1. The maximum absolute atomic E-state index is 14.1. The zero-order valence-electron chi connectivity index (χ0n) is 30.4. The summed E-state index contributed by atoms with van der Waals surface area (Å²) in [6.45, 7) is 7.35. The quantitative estimate of drug-likeness (QED) is 0.0762. The highest BCUT2D eigenvalue weighted by atomic mass is 32.2. The predicted molar refractivity (Wildman–Crippen MR) is 198 cm³/mol. The van der Waals surface area contributed by atoms with E-state index in [9.17, 15) is 27.9 Å². The fourth-order valence-corrected chi connectivity index (χ4v) is 8.56. The molecule has 1 aliphatic rings. The van der Waals surface area contributed by atoms with Crippen LogP contribution < -0.4 is 5.32 Å². The summed E-state index contributed by atoms with van der Waals surface area (Å²) in [4.78, 5) is 49.9. The summed E-state index contributed by atoms with van der Waals surface area (Å²) in [5.41, 5.74) is 1.88. The van der Waals surface area contributed by atoms with Gasteiger partial charge in [0.1, 0.15) is 17.6 Å². The van der Waals surface area contributed by atoms with E-state index >= 15 is 0 Å². The van der Waals surface area contributed by atoms with Crippen molar-refractivity contribution in [1.82, 2.24) is 29.3 Å². The number of carbonyl (C=O) groups is 3. The number of rotatable bonds is 18. The van der Waals surface area contributed by atoms with Crippen LogP contribution >= 0.6 is 11.3 Å². The zero-order chi connectivity index (χ0) is 38.2. The summed E-state index contributed by atoms with van der Waals surface area (Å²) in [5, 5.41) is 29.2. The van der Waals surface area contributed by atoms with E-state index in [2.05, 4.69) is 15.5 Å². The number of urea groups is 1. The van der Waals surface area contributed by atoms with Crippen molar-refractivity contribution >= 4 is 45.4 Å². The van der Waals surface area contributed by atoms with Crippen molar-refractivity contribution in [1.29, 1.82) is 0 Å². The molecule has 52 heavy (non-hydrogen) atoms. The van der Waals surface area contributed by atoms with Gasteiger partial charge in [-0.2, -0.15) is 4.31 Å². The van der Waals surface area contributed by atoms with Crippen LogP contribution in [0.4, 0.5) is 4.79 Å². The van der Waals surface area contributed by atoms with Crippen molar-refractivity contribution in [2.75, 3.05) is 33.7 Å². The van der Waals surface area contributed by atoms with E-state index in [0.29, 0.717) is 17.8 Å². The second kappa shape index (κ2) is 18.0. The van der Waals surface area contributed by atoms with Gasteiger partial charge in [-0.15, -0.1) is 11.3 Å². The first kappa shape index (κ1) is 40.5. The van der Waals surface area contributed by atoms with Crippen LogP contribution in [-0.4, -0.2) is 119 Å². The number of imide groups is 1. The molecule has 16 heteroatoms. The number of sulfonamides is 1. The van der Waals surface area contributed by atoms with Crippen molar-refractivity contribution in [3.8, 4) is 0 Å². The Bertz CT molecular complexity index is 1800. The van der Waals surface area contributed by atoms with E-state index in [0.717, 1.165) is 15.5 Å². The molecule has 1 unspecified atom stereocenters. The first-order valence-electron chi connectivity index (χ1n) is 17.1. The average Bonchev–Trinajstić information content (AvgIpc) is 3.63. The lowest BCUT2D eigenvalue weighted by atomic mass is 9.97. The molecule has 0 spiro atoms. The molecule has 2 heterocycles. The second-order valence-corrected chi connectivity index (χ2v) is 16.8. The Labute approximate surface area is 309 Å². The molecule has 1 saturated heterocycles. The Morgan fingerprint density at radius 2 is 1.73 bits per heavy atom. The number of oxime groups is 1. The smallest absolute Gasteiger partial charge is 0.328 e. The van der Waals surface area contributed by atoms with Gasteiger partial charge in [0.2, 0.25) is 15.9 Å². The lowest BCUT2D eigenvalue weighted by Crippen LogP contribution is -2.57. The normalized spacial score (nSPS) is 15.8. The number of hydrogen-bond donors (Lipinski definition) is 3. The monoisotopic (exact) mass is 755 g/mol. The molecule has 3 N–H and O–H groups in total. The minimum absolute atomic E-state index is 0.00713. The van der Waals surface area contributed by atoms with Gasteiger partial charge >= 0.3 is 6.03 Å². The van der Waals surface area contributed by atoms with E-state index in [-0.39, 0.29) is 43.4 Å². The third-order valence-electron chi connectivity index (χ3n) is 8.46. The molecule has 1 fully saturated rings. The molecule has 3 atom stereocenters. The fourth-order valence-electron chi connectivity index (χ4n) is 6.04. The number of hydrogen-bond acceptors (Lipinski definition) is 11.